The third-order valence-electron chi connectivity index (χ3n) is 8.82. The van der Waals surface area contributed by atoms with Crippen molar-refractivity contribution in [1.29, 1.82) is 0 Å². The molecule has 0 aliphatic heterocycles. The summed E-state index contributed by atoms with van der Waals surface area (Å²) in [4.78, 5) is 0. The summed E-state index contributed by atoms with van der Waals surface area (Å²) in [5, 5.41) is 24.4. The highest BCUT2D eigenvalue weighted by atomic mass is 79.9. The highest BCUT2D eigenvalue weighted by Crippen LogP contribution is 2.40. The van der Waals surface area contributed by atoms with Gasteiger partial charge in [-0.15, -0.1) is 0 Å². The molecule has 0 saturated carbocycles. The van der Waals surface area contributed by atoms with Crippen molar-refractivity contribution in [2.75, 3.05) is 5.33 Å². The average Bonchev–Trinajstić information content (AvgIpc) is 3.12. The molecule has 0 atom stereocenters. The van der Waals surface area contributed by atoms with Crippen molar-refractivity contribution in [1.82, 2.24) is 0 Å². The predicted octanol–water partition coefficient (Wildman–Crippen LogP) is 11.1. The molecule has 0 aromatic heterocycles. The van der Waals surface area contributed by atoms with Crippen LogP contribution in [0.25, 0.3) is 0 Å². The molecule has 0 amide bonds. The first-order valence-electron chi connectivity index (χ1n) is 17.2. The number of hydrogen-bond donors (Lipinski definition) is 2. The van der Waals surface area contributed by atoms with Crippen LogP contribution in [0, 0.1) is 0 Å². The molecule has 0 aliphatic carbocycles. The number of phenolic OH excluding ortho intramolecular Hbond substituents is 2. The van der Waals surface area contributed by atoms with Gasteiger partial charge in [-0.25, -0.2) is 0 Å². The molecule has 2 nitrogen and oxygen atoms in total. The summed E-state index contributed by atoms with van der Waals surface area (Å²) < 4.78 is 0. The Morgan fingerprint density at radius 3 is 1.15 bits per heavy atom. The summed E-state index contributed by atoms with van der Waals surface area (Å²) in [5.74, 6) is 0.585. The SMILES string of the molecule is CCCCCCCCCCCC(CBr)(c1ccc(O)cc1)c1ccc(O)cc1.c1ccc(P(c2ccccc2)c2ccccc2)cc1. The highest BCUT2D eigenvalue weighted by Gasteiger charge is 2.33. The van der Waals surface area contributed by atoms with Crippen LogP contribution in [-0.2, 0) is 5.41 Å². The van der Waals surface area contributed by atoms with E-state index < -0.39 is 7.92 Å². The fourth-order valence-corrected chi connectivity index (χ4v) is 9.39. The summed E-state index contributed by atoms with van der Waals surface area (Å²) in [6, 6.07) is 47.5. The summed E-state index contributed by atoms with van der Waals surface area (Å²) >= 11 is 3.78. The standard InChI is InChI=1S/C25H35BrO2.C18H15P/c1-2-3-4-5-6-7-8-9-10-19-25(20-26,21-11-15-23(27)16-12-21)22-13-17-24(28)18-14-22;1-4-10-16(11-5-1)19(17-12-6-2-7-13-17)18-14-8-3-9-15-18/h11-18,27-28H,2-10,19-20H2,1H3;1-15H. The minimum absolute atomic E-state index is 0.150. The van der Waals surface area contributed by atoms with Crippen molar-refractivity contribution in [3.8, 4) is 11.5 Å². The molecule has 0 aliphatic rings. The lowest BCUT2D eigenvalue weighted by Gasteiger charge is -2.34. The Balaban J connectivity index is 0.000000228. The quantitative estimate of drug-likeness (QED) is 0.0608. The van der Waals surface area contributed by atoms with Gasteiger partial charge in [0.2, 0.25) is 0 Å². The van der Waals surface area contributed by atoms with Crippen LogP contribution in [0.2, 0.25) is 0 Å². The summed E-state index contributed by atoms with van der Waals surface area (Å²) in [6.07, 6.45) is 12.9. The molecule has 0 bridgehead atoms. The zero-order chi connectivity index (χ0) is 33.2. The van der Waals surface area contributed by atoms with E-state index in [4.69, 9.17) is 0 Å². The normalized spacial score (nSPS) is 11.2. The van der Waals surface area contributed by atoms with Crippen LogP contribution in [0.3, 0.4) is 0 Å². The molecule has 5 aromatic rings. The number of rotatable bonds is 16. The van der Waals surface area contributed by atoms with Gasteiger partial charge in [0, 0.05) is 10.7 Å². The van der Waals surface area contributed by atoms with Gasteiger partial charge >= 0.3 is 0 Å². The first-order valence-corrected chi connectivity index (χ1v) is 19.6. The van der Waals surface area contributed by atoms with Crippen LogP contribution in [0.1, 0.15) is 82.3 Å². The van der Waals surface area contributed by atoms with Crippen molar-refractivity contribution in [2.24, 2.45) is 0 Å². The Bertz CT molecular complexity index is 1390. The van der Waals surface area contributed by atoms with Crippen LogP contribution in [0.15, 0.2) is 140 Å². The monoisotopic (exact) mass is 708 g/mol. The Morgan fingerprint density at radius 2 is 0.809 bits per heavy atom. The number of unbranched alkanes of at least 4 members (excludes halogenated alkanes) is 8. The number of alkyl halides is 1. The fraction of sp³-hybridized carbons (Fsp3) is 0.302. The average molecular weight is 710 g/mol. The molecule has 2 N–H and O–H groups in total. The number of hydrogen-bond acceptors (Lipinski definition) is 2. The molecule has 5 aromatic carbocycles. The second kappa shape index (κ2) is 20.1. The van der Waals surface area contributed by atoms with E-state index in [0.717, 1.165) is 11.8 Å². The van der Waals surface area contributed by atoms with E-state index in [2.05, 4.69) is 114 Å². The van der Waals surface area contributed by atoms with E-state index in [9.17, 15) is 10.2 Å². The van der Waals surface area contributed by atoms with Crippen molar-refractivity contribution < 1.29 is 10.2 Å². The largest absolute Gasteiger partial charge is 0.508 e. The lowest BCUT2D eigenvalue weighted by atomic mass is 9.72. The van der Waals surface area contributed by atoms with Gasteiger partial charge in [0.15, 0.2) is 0 Å². The molecule has 0 radical (unpaired) electrons. The Labute approximate surface area is 292 Å². The number of phenols is 2. The van der Waals surface area contributed by atoms with E-state index in [1.165, 1.54) is 84.8 Å². The molecule has 0 fully saturated rings. The lowest BCUT2D eigenvalue weighted by molar-refractivity contribution is 0.463. The molecule has 0 heterocycles. The van der Waals surface area contributed by atoms with Gasteiger partial charge < -0.3 is 10.2 Å². The molecule has 0 spiro atoms. The minimum atomic E-state index is -0.446. The van der Waals surface area contributed by atoms with Gasteiger partial charge in [0.1, 0.15) is 11.5 Å². The summed E-state index contributed by atoms with van der Waals surface area (Å²) in [7, 11) is -0.446. The van der Waals surface area contributed by atoms with Gasteiger partial charge in [-0.2, -0.15) is 0 Å². The van der Waals surface area contributed by atoms with Gasteiger partial charge in [-0.3, -0.25) is 0 Å². The second-order valence-electron chi connectivity index (χ2n) is 12.2. The topological polar surface area (TPSA) is 40.5 Å². The first-order chi connectivity index (χ1) is 23.1. The highest BCUT2D eigenvalue weighted by molar-refractivity contribution is 9.09. The van der Waals surface area contributed by atoms with Crippen LogP contribution in [-0.4, -0.2) is 15.5 Å². The smallest absolute Gasteiger partial charge is 0.115 e. The molecule has 0 saturated heterocycles. The first kappa shape index (κ1) is 36.4. The fourth-order valence-electron chi connectivity index (χ4n) is 6.15. The van der Waals surface area contributed by atoms with Gasteiger partial charge in [0.05, 0.1) is 0 Å². The van der Waals surface area contributed by atoms with Crippen molar-refractivity contribution in [3.05, 3.63) is 151 Å². The van der Waals surface area contributed by atoms with Crippen molar-refractivity contribution in [3.63, 3.8) is 0 Å². The summed E-state index contributed by atoms with van der Waals surface area (Å²) in [5.41, 5.74) is 2.25. The zero-order valence-corrected chi connectivity index (χ0v) is 30.3. The molecule has 4 heteroatoms. The molecule has 5 rings (SSSR count). The maximum atomic E-state index is 9.71. The number of aromatic hydroxyl groups is 2. The minimum Gasteiger partial charge on any atom is -0.508 e. The maximum Gasteiger partial charge on any atom is 0.115 e. The van der Waals surface area contributed by atoms with E-state index in [0.29, 0.717) is 11.5 Å². The molecule has 47 heavy (non-hydrogen) atoms. The maximum absolute atomic E-state index is 9.71. The second-order valence-corrected chi connectivity index (χ2v) is 15.0. The van der Waals surface area contributed by atoms with E-state index >= 15 is 0 Å². The van der Waals surface area contributed by atoms with Crippen LogP contribution >= 0.6 is 23.9 Å². The van der Waals surface area contributed by atoms with E-state index in [1.807, 2.05) is 24.3 Å². The third-order valence-corrected chi connectivity index (χ3v) is 12.2. The third kappa shape index (κ3) is 11.1. The van der Waals surface area contributed by atoms with Gasteiger partial charge in [-0.1, -0.05) is 196 Å². The Hall–Kier alpha value is -3.39. The number of halogens is 1. The zero-order valence-electron chi connectivity index (χ0n) is 27.8. The van der Waals surface area contributed by atoms with Crippen LogP contribution in [0.5, 0.6) is 11.5 Å². The van der Waals surface area contributed by atoms with E-state index in [1.54, 1.807) is 24.3 Å². The molecular formula is C43H50BrO2P. The van der Waals surface area contributed by atoms with Crippen LogP contribution in [0.4, 0.5) is 0 Å². The number of benzene rings is 5. The van der Waals surface area contributed by atoms with Gasteiger partial charge in [-0.05, 0) is 65.6 Å². The molecule has 0 unspecified atom stereocenters. The van der Waals surface area contributed by atoms with Gasteiger partial charge in [0.25, 0.3) is 0 Å². The molecule has 246 valence electrons. The Kier molecular flexibility index (Phi) is 15.6. The Morgan fingerprint density at radius 1 is 0.468 bits per heavy atom. The van der Waals surface area contributed by atoms with E-state index in [-0.39, 0.29) is 5.41 Å². The molecular weight excluding hydrogens is 659 g/mol. The summed E-state index contributed by atoms with van der Waals surface area (Å²) in [6.45, 7) is 2.26. The van der Waals surface area contributed by atoms with Crippen LogP contribution < -0.4 is 15.9 Å². The lowest BCUT2D eigenvalue weighted by Crippen LogP contribution is -2.29. The van der Waals surface area contributed by atoms with Crippen molar-refractivity contribution in [2.45, 2.75) is 76.5 Å². The predicted molar refractivity (Wildman–Crippen MR) is 208 cm³/mol. The van der Waals surface area contributed by atoms with Crippen molar-refractivity contribution >= 4 is 39.8 Å².